The quantitative estimate of drug-likeness (QED) is 0.492. The molecule has 0 saturated heterocycles. The van der Waals surface area contributed by atoms with Crippen LogP contribution in [0.3, 0.4) is 0 Å². The van der Waals surface area contributed by atoms with Crippen molar-refractivity contribution >= 4 is 12.1 Å². The lowest BCUT2D eigenvalue weighted by atomic mass is 9.44. The molecule has 0 aromatic rings. The number of ketones is 1. The molecule has 0 aromatic heterocycles. The Morgan fingerprint density at radius 3 is 2.60 bits per heavy atom. The summed E-state index contributed by atoms with van der Waals surface area (Å²) >= 11 is 0. The Labute approximate surface area is 153 Å². The van der Waals surface area contributed by atoms with Crippen LogP contribution in [0.25, 0.3) is 0 Å². The maximum atomic E-state index is 13.2. The van der Waals surface area contributed by atoms with Crippen LogP contribution in [0.15, 0.2) is 0 Å². The number of hydrogen-bond acceptors (Lipinski definition) is 2. The molecule has 25 heavy (non-hydrogen) atoms. The molecule has 0 heterocycles. The first-order chi connectivity index (χ1) is 12.0. The van der Waals surface area contributed by atoms with E-state index in [4.69, 9.17) is 0 Å². The highest BCUT2D eigenvalue weighted by molar-refractivity contribution is 5.83. The molecule has 4 aliphatic carbocycles. The summed E-state index contributed by atoms with van der Waals surface area (Å²) in [6, 6.07) is 0. The highest BCUT2D eigenvalue weighted by atomic mass is 16.1. The number of carbonyl (C=O) groups is 2. The SMILES string of the molecule is CC12CCC3C(C(=O)CC4CCCCC43C)C1CCC2CCCC=O. The van der Waals surface area contributed by atoms with Crippen molar-refractivity contribution in [1.82, 2.24) is 0 Å². The van der Waals surface area contributed by atoms with Crippen LogP contribution in [-0.2, 0) is 9.59 Å². The lowest BCUT2D eigenvalue weighted by Gasteiger charge is -2.59. The average molecular weight is 345 g/mol. The van der Waals surface area contributed by atoms with Gasteiger partial charge in [-0.15, -0.1) is 0 Å². The smallest absolute Gasteiger partial charge is 0.136 e. The number of fused-ring (bicyclic) bond motifs is 5. The van der Waals surface area contributed by atoms with E-state index in [1.807, 2.05) is 0 Å². The number of Topliss-reactive ketones (excluding diaryl/α,β-unsaturated/α-hetero) is 1. The molecule has 4 saturated carbocycles. The summed E-state index contributed by atoms with van der Waals surface area (Å²) < 4.78 is 0. The fraction of sp³-hybridized carbons (Fsp3) is 0.913. The third-order valence-electron chi connectivity index (χ3n) is 9.46. The topological polar surface area (TPSA) is 34.1 Å². The third kappa shape index (κ3) is 2.65. The summed E-state index contributed by atoms with van der Waals surface area (Å²) in [7, 11) is 0. The largest absolute Gasteiger partial charge is 0.303 e. The molecular weight excluding hydrogens is 308 g/mol. The molecule has 0 amide bonds. The summed E-state index contributed by atoms with van der Waals surface area (Å²) in [5.74, 6) is 3.67. The lowest BCUT2D eigenvalue weighted by Crippen LogP contribution is -2.56. The van der Waals surface area contributed by atoms with Crippen LogP contribution in [0.5, 0.6) is 0 Å². The van der Waals surface area contributed by atoms with E-state index >= 15 is 0 Å². The predicted molar refractivity (Wildman–Crippen MR) is 100 cm³/mol. The number of unbranched alkanes of at least 4 members (excludes halogenated alkanes) is 1. The number of aldehydes is 1. The fourth-order valence-corrected chi connectivity index (χ4v) is 7.99. The van der Waals surface area contributed by atoms with Gasteiger partial charge in [0.25, 0.3) is 0 Å². The molecule has 2 heteroatoms. The van der Waals surface area contributed by atoms with Crippen LogP contribution in [0.1, 0.15) is 90.9 Å². The minimum Gasteiger partial charge on any atom is -0.303 e. The second kappa shape index (κ2) is 6.50. The van der Waals surface area contributed by atoms with Gasteiger partial charge in [0.1, 0.15) is 12.1 Å². The Bertz CT molecular complexity index is 540. The van der Waals surface area contributed by atoms with Crippen LogP contribution in [0.4, 0.5) is 0 Å². The van der Waals surface area contributed by atoms with Crippen LogP contribution in [0.2, 0.25) is 0 Å². The molecule has 0 aliphatic heterocycles. The van der Waals surface area contributed by atoms with E-state index in [0.29, 0.717) is 46.7 Å². The average Bonchev–Trinajstić information content (AvgIpc) is 2.92. The Hall–Kier alpha value is -0.660. The van der Waals surface area contributed by atoms with Gasteiger partial charge >= 0.3 is 0 Å². The van der Waals surface area contributed by atoms with Gasteiger partial charge < -0.3 is 4.79 Å². The second-order valence-corrected chi connectivity index (χ2v) is 10.3. The van der Waals surface area contributed by atoms with Crippen LogP contribution in [0, 0.1) is 40.4 Å². The zero-order valence-electron chi connectivity index (χ0n) is 16.3. The van der Waals surface area contributed by atoms with Crippen LogP contribution in [-0.4, -0.2) is 12.1 Å². The van der Waals surface area contributed by atoms with E-state index in [1.165, 1.54) is 57.8 Å². The van der Waals surface area contributed by atoms with Crippen molar-refractivity contribution in [3.8, 4) is 0 Å². The molecule has 0 radical (unpaired) electrons. The van der Waals surface area contributed by atoms with Gasteiger partial charge in [-0.3, -0.25) is 4.79 Å². The molecule has 2 nitrogen and oxygen atoms in total. The molecule has 0 N–H and O–H groups in total. The molecule has 4 rings (SSSR count). The molecule has 4 aliphatic rings. The number of hydrogen-bond donors (Lipinski definition) is 0. The maximum absolute atomic E-state index is 13.2. The predicted octanol–water partition coefficient (Wildman–Crippen LogP) is 5.58. The van der Waals surface area contributed by atoms with Gasteiger partial charge in [0, 0.05) is 18.8 Å². The first-order valence-electron chi connectivity index (χ1n) is 11.0. The van der Waals surface area contributed by atoms with Gasteiger partial charge in [-0.05, 0) is 85.9 Å². The van der Waals surface area contributed by atoms with E-state index in [0.717, 1.165) is 25.0 Å². The number of rotatable bonds is 4. The van der Waals surface area contributed by atoms with Crippen molar-refractivity contribution in [2.75, 3.05) is 0 Å². The monoisotopic (exact) mass is 344 g/mol. The van der Waals surface area contributed by atoms with E-state index in [2.05, 4.69) is 13.8 Å². The Morgan fingerprint density at radius 1 is 1.00 bits per heavy atom. The minimum atomic E-state index is 0.356. The van der Waals surface area contributed by atoms with Gasteiger partial charge in [0.15, 0.2) is 0 Å². The zero-order chi connectivity index (χ0) is 17.7. The number of carbonyl (C=O) groups excluding carboxylic acids is 2. The third-order valence-corrected chi connectivity index (χ3v) is 9.46. The summed E-state index contributed by atoms with van der Waals surface area (Å²) in [5.41, 5.74) is 0.797. The van der Waals surface area contributed by atoms with E-state index in [-0.39, 0.29) is 0 Å². The summed E-state index contributed by atoms with van der Waals surface area (Å²) in [6.45, 7) is 5.04. The Morgan fingerprint density at radius 2 is 1.80 bits per heavy atom. The molecule has 0 aromatic carbocycles. The summed E-state index contributed by atoms with van der Waals surface area (Å²) in [5, 5.41) is 0. The van der Waals surface area contributed by atoms with Crippen LogP contribution < -0.4 is 0 Å². The highest BCUT2D eigenvalue weighted by Gasteiger charge is 2.61. The maximum Gasteiger partial charge on any atom is 0.136 e. The Balaban J connectivity index is 1.57. The first kappa shape index (κ1) is 17.7. The molecule has 140 valence electrons. The van der Waals surface area contributed by atoms with Crippen LogP contribution >= 0.6 is 0 Å². The van der Waals surface area contributed by atoms with Crippen molar-refractivity contribution in [2.45, 2.75) is 90.9 Å². The highest BCUT2D eigenvalue weighted by Crippen LogP contribution is 2.67. The van der Waals surface area contributed by atoms with E-state index in [1.54, 1.807) is 0 Å². The molecule has 0 bridgehead atoms. The van der Waals surface area contributed by atoms with Crippen molar-refractivity contribution in [1.29, 1.82) is 0 Å². The summed E-state index contributed by atoms with van der Waals surface area (Å²) in [4.78, 5) is 23.9. The van der Waals surface area contributed by atoms with E-state index < -0.39 is 0 Å². The fourth-order valence-electron chi connectivity index (χ4n) is 7.99. The summed E-state index contributed by atoms with van der Waals surface area (Å²) in [6.07, 6.45) is 15.4. The molecular formula is C23H36O2. The van der Waals surface area contributed by atoms with Gasteiger partial charge in [-0.25, -0.2) is 0 Å². The van der Waals surface area contributed by atoms with E-state index in [9.17, 15) is 9.59 Å². The van der Waals surface area contributed by atoms with Gasteiger partial charge in [0.05, 0.1) is 0 Å². The Kier molecular flexibility index (Phi) is 4.61. The molecule has 7 unspecified atom stereocenters. The molecule has 7 atom stereocenters. The minimum absolute atomic E-state index is 0.356. The van der Waals surface area contributed by atoms with Crippen molar-refractivity contribution in [3.05, 3.63) is 0 Å². The van der Waals surface area contributed by atoms with Gasteiger partial charge in [-0.2, -0.15) is 0 Å². The molecule has 0 spiro atoms. The normalized spacial score (nSPS) is 49.2. The van der Waals surface area contributed by atoms with Crippen molar-refractivity contribution in [3.63, 3.8) is 0 Å². The van der Waals surface area contributed by atoms with Crippen molar-refractivity contribution in [2.24, 2.45) is 40.4 Å². The van der Waals surface area contributed by atoms with Gasteiger partial charge in [-0.1, -0.05) is 26.7 Å². The lowest BCUT2D eigenvalue weighted by molar-refractivity contribution is -0.155. The standard InChI is InChI=1S/C23H36O2/c1-22-12-5-3-8-17(22)15-20(25)21-18-10-9-16(7-4-6-14-24)23(18,2)13-11-19(21)22/h14,16-19,21H,3-13,15H2,1-2H3. The first-order valence-corrected chi connectivity index (χ1v) is 11.0. The van der Waals surface area contributed by atoms with Gasteiger partial charge in [0.2, 0.25) is 0 Å². The second-order valence-electron chi connectivity index (χ2n) is 10.3. The van der Waals surface area contributed by atoms with Crippen molar-refractivity contribution < 1.29 is 9.59 Å². The zero-order valence-corrected chi connectivity index (χ0v) is 16.3. The molecule has 4 fully saturated rings.